The molecule has 1 aliphatic rings. The fraction of sp³-hybridized carbons (Fsp3) is 0.308. The Balaban J connectivity index is 1.15. The smallest absolute Gasteiger partial charge is 0.224 e. The molecule has 1 atom stereocenters. The van der Waals surface area contributed by atoms with Crippen molar-refractivity contribution in [1.29, 1.82) is 0 Å². The number of benzene rings is 2. The van der Waals surface area contributed by atoms with Gasteiger partial charge in [0.15, 0.2) is 0 Å². The second-order valence-corrected chi connectivity index (χ2v) is 8.50. The SMILES string of the molecule is O=C(NCCn1ccc2ccccc21)C1CCC(=O)N(CCn2ccc3ccccc32)C1. The molecule has 0 radical (unpaired) electrons. The van der Waals surface area contributed by atoms with Crippen LogP contribution in [0.2, 0.25) is 0 Å². The first-order valence-corrected chi connectivity index (χ1v) is 11.3. The molecule has 1 fully saturated rings. The van der Waals surface area contributed by atoms with Crippen molar-refractivity contribution >= 4 is 33.6 Å². The van der Waals surface area contributed by atoms with Crippen molar-refractivity contribution < 1.29 is 9.59 Å². The third kappa shape index (κ3) is 4.13. The van der Waals surface area contributed by atoms with Crippen molar-refractivity contribution in [3.8, 4) is 0 Å². The Labute approximate surface area is 187 Å². The predicted molar refractivity (Wildman–Crippen MR) is 126 cm³/mol. The van der Waals surface area contributed by atoms with Crippen molar-refractivity contribution in [1.82, 2.24) is 19.4 Å². The number of para-hydroxylation sites is 2. The zero-order valence-corrected chi connectivity index (χ0v) is 18.1. The zero-order valence-electron chi connectivity index (χ0n) is 18.1. The Morgan fingerprint density at radius 2 is 1.47 bits per heavy atom. The van der Waals surface area contributed by atoms with E-state index in [1.54, 1.807) is 0 Å². The molecule has 5 rings (SSSR count). The lowest BCUT2D eigenvalue weighted by Crippen LogP contribution is -2.47. The largest absolute Gasteiger partial charge is 0.354 e. The van der Waals surface area contributed by atoms with Gasteiger partial charge >= 0.3 is 0 Å². The number of aromatic nitrogens is 2. The summed E-state index contributed by atoms with van der Waals surface area (Å²) >= 11 is 0. The molecule has 0 spiro atoms. The van der Waals surface area contributed by atoms with Gasteiger partial charge in [0.1, 0.15) is 0 Å². The highest BCUT2D eigenvalue weighted by molar-refractivity contribution is 5.84. The number of carbonyl (C=O) groups is 2. The molecule has 1 N–H and O–H groups in total. The molecular formula is C26H28N4O2. The van der Waals surface area contributed by atoms with E-state index >= 15 is 0 Å². The van der Waals surface area contributed by atoms with E-state index in [0.29, 0.717) is 32.5 Å². The fourth-order valence-corrected chi connectivity index (χ4v) is 4.69. The lowest BCUT2D eigenvalue weighted by Gasteiger charge is -2.32. The number of piperidine rings is 1. The topological polar surface area (TPSA) is 59.3 Å². The molecular weight excluding hydrogens is 400 g/mol. The maximum atomic E-state index is 12.8. The first kappa shape index (κ1) is 20.4. The molecule has 1 unspecified atom stereocenters. The number of rotatable bonds is 7. The third-order valence-electron chi connectivity index (χ3n) is 6.49. The average Bonchev–Trinajstić information content (AvgIpc) is 3.43. The first-order chi connectivity index (χ1) is 15.7. The van der Waals surface area contributed by atoms with Crippen LogP contribution in [0.4, 0.5) is 0 Å². The van der Waals surface area contributed by atoms with Crippen molar-refractivity contribution in [3.63, 3.8) is 0 Å². The maximum absolute atomic E-state index is 12.8. The van der Waals surface area contributed by atoms with Gasteiger partial charge in [-0.3, -0.25) is 9.59 Å². The average molecular weight is 429 g/mol. The lowest BCUT2D eigenvalue weighted by atomic mass is 9.96. The Kier molecular flexibility index (Phi) is 5.67. The molecule has 4 aromatic rings. The maximum Gasteiger partial charge on any atom is 0.224 e. The van der Waals surface area contributed by atoms with E-state index in [2.05, 4.69) is 63.2 Å². The van der Waals surface area contributed by atoms with Crippen molar-refractivity contribution in [2.75, 3.05) is 19.6 Å². The minimum Gasteiger partial charge on any atom is -0.354 e. The number of fused-ring (bicyclic) bond motifs is 2. The highest BCUT2D eigenvalue weighted by atomic mass is 16.2. The van der Waals surface area contributed by atoms with E-state index in [1.807, 2.05) is 29.2 Å². The summed E-state index contributed by atoms with van der Waals surface area (Å²) in [5.74, 6) is 0.0465. The summed E-state index contributed by atoms with van der Waals surface area (Å²) < 4.78 is 4.33. The molecule has 6 nitrogen and oxygen atoms in total. The summed E-state index contributed by atoms with van der Waals surface area (Å²) in [7, 11) is 0. The number of nitrogens with zero attached hydrogens (tertiary/aromatic N) is 3. The molecule has 3 heterocycles. The van der Waals surface area contributed by atoms with Gasteiger partial charge in [-0.15, -0.1) is 0 Å². The van der Waals surface area contributed by atoms with Crippen molar-refractivity contribution in [3.05, 3.63) is 73.1 Å². The Bertz CT molecular complexity index is 1250. The summed E-state index contributed by atoms with van der Waals surface area (Å²) in [6.07, 6.45) is 5.18. The summed E-state index contributed by atoms with van der Waals surface area (Å²) in [5.41, 5.74) is 2.34. The van der Waals surface area contributed by atoms with Crippen LogP contribution in [-0.4, -0.2) is 45.5 Å². The van der Waals surface area contributed by atoms with Crippen LogP contribution in [0.15, 0.2) is 73.1 Å². The molecule has 0 saturated carbocycles. The van der Waals surface area contributed by atoms with Crippen LogP contribution in [0.25, 0.3) is 21.8 Å². The minimum atomic E-state index is -0.143. The fourth-order valence-electron chi connectivity index (χ4n) is 4.69. The molecule has 0 bridgehead atoms. The summed E-state index contributed by atoms with van der Waals surface area (Å²) in [5, 5.41) is 5.49. The van der Waals surface area contributed by atoms with Crippen molar-refractivity contribution in [2.24, 2.45) is 5.92 Å². The van der Waals surface area contributed by atoms with E-state index in [1.165, 1.54) is 21.8 Å². The number of nitrogens with one attached hydrogen (secondary N) is 1. The molecule has 2 aromatic carbocycles. The molecule has 0 aliphatic carbocycles. The number of carbonyl (C=O) groups excluding carboxylic acids is 2. The zero-order chi connectivity index (χ0) is 21.9. The van der Waals surface area contributed by atoms with Gasteiger partial charge < -0.3 is 19.4 Å². The van der Waals surface area contributed by atoms with Crippen LogP contribution >= 0.6 is 0 Å². The van der Waals surface area contributed by atoms with Crippen LogP contribution in [-0.2, 0) is 22.7 Å². The van der Waals surface area contributed by atoms with Crippen LogP contribution in [0.1, 0.15) is 12.8 Å². The molecule has 1 saturated heterocycles. The van der Waals surface area contributed by atoms with Gasteiger partial charge in [0, 0.05) is 62.6 Å². The number of hydrogen-bond acceptors (Lipinski definition) is 2. The van der Waals surface area contributed by atoms with Crippen LogP contribution in [0.3, 0.4) is 0 Å². The number of amides is 2. The molecule has 164 valence electrons. The standard InChI is InChI=1S/C26H28N4O2/c31-25-10-9-22(19-30(25)18-17-29-15-12-21-6-2-4-8-24(21)29)26(32)27-13-16-28-14-11-20-5-1-3-7-23(20)28/h1-8,11-12,14-15,22H,9-10,13,16-19H2,(H,27,32). The second kappa shape index (κ2) is 8.91. The Morgan fingerprint density at radius 1 is 0.844 bits per heavy atom. The van der Waals surface area contributed by atoms with E-state index in [-0.39, 0.29) is 17.7 Å². The van der Waals surface area contributed by atoms with Gasteiger partial charge in [-0.05, 0) is 41.5 Å². The highest BCUT2D eigenvalue weighted by Gasteiger charge is 2.29. The molecule has 2 aromatic heterocycles. The first-order valence-electron chi connectivity index (χ1n) is 11.3. The number of likely N-dealkylation sites (tertiary alicyclic amines) is 1. The lowest BCUT2D eigenvalue weighted by molar-refractivity contribution is -0.138. The summed E-state index contributed by atoms with van der Waals surface area (Å²) in [4.78, 5) is 27.1. The predicted octanol–water partition coefficient (Wildman–Crippen LogP) is 3.65. The minimum absolute atomic E-state index is 0.0466. The van der Waals surface area contributed by atoms with Crippen LogP contribution < -0.4 is 5.32 Å². The monoisotopic (exact) mass is 428 g/mol. The van der Waals surface area contributed by atoms with Gasteiger partial charge in [-0.2, -0.15) is 0 Å². The van der Waals surface area contributed by atoms with Gasteiger partial charge in [0.05, 0.1) is 5.92 Å². The Hall–Kier alpha value is -3.54. The van der Waals surface area contributed by atoms with E-state index < -0.39 is 0 Å². The Morgan fingerprint density at radius 3 is 2.16 bits per heavy atom. The van der Waals surface area contributed by atoms with E-state index in [9.17, 15) is 9.59 Å². The van der Waals surface area contributed by atoms with Gasteiger partial charge in [-0.1, -0.05) is 36.4 Å². The van der Waals surface area contributed by atoms with Crippen LogP contribution in [0.5, 0.6) is 0 Å². The summed E-state index contributed by atoms with van der Waals surface area (Å²) in [6, 6.07) is 20.7. The van der Waals surface area contributed by atoms with Crippen molar-refractivity contribution in [2.45, 2.75) is 25.9 Å². The third-order valence-corrected chi connectivity index (χ3v) is 6.49. The van der Waals surface area contributed by atoms with Gasteiger partial charge in [0.2, 0.25) is 11.8 Å². The quantitative estimate of drug-likeness (QED) is 0.489. The second-order valence-electron chi connectivity index (χ2n) is 8.50. The van der Waals surface area contributed by atoms with Gasteiger partial charge in [0.25, 0.3) is 0 Å². The summed E-state index contributed by atoms with van der Waals surface area (Å²) in [6.45, 7) is 3.16. The van der Waals surface area contributed by atoms with Gasteiger partial charge in [-0.25, -0.2) is 0 Å². The van der Waals surface area contributed by atoms with E-state index in [4.69, 9.17) is 0 Å². The highest BCUT2D eigenvalue weighted by Crippen LogP contribution is 2.20. The normalized spacial score (nSPS) is 16.7. The van der Waals surface area contributed by atoms with E-state index in [0.717, 1.165) is 13.1 Å². The number of hydrogen-bond donors (Lipinski definition) is 1. The molecule has 6 heteroatoms. The molecule has 32 heavy (non-hydrogen) atoms. The molecule has 2 amide bonds. The molecule has 1 aliphatic heterocycles. The van der Waals surface area contributed by atoms with Crippen LogP contribution in [0, 0.1) is 5.92 Å².